The third kappa shape index (κ3) is 3.94. The summed E-state index contributed by atoms with van der Waals surface area (Å²) in [4.78, 5) is 17.5. The molecule has 1 amide bonds. The standard InChI is InChI=1S/C20H29ClN2O/c1-15-9-10-16(13-17(15)21)14-20(24)22(2)18-7-3-4-8-19(18)23-11-5-6-12-23/h9-10,13,18-19H,3-8,11-12,14H2,1-2H3/t18?,19-/m1/s1. The van der Waals surface area contributed by atoms with E-state index in [1.165, 1.54) is 45.2 Å². The molecule has 1 aromatic rings. The minimum Gasteiger partial charge on any atom is -0.341 e. The first kappa shape index (κ1) is 17.8. The highest BCUT2D eigenvalue weighted by molar-refractivity contribution is 6.31. The Kier molecular flexibility index (Phi) is 5.83. The maximum absolute atomic E-state index is 12.8. The Hall–Kier alpha value is -1.06. The van der Waals surface area contributed by atoms with Crippen LogP contribution in [-0.2, 0) is 11.2 Å². The molecule has 0 radical (unpaired) electrons. The van der Waals surface area contributed by atoms with Crippen LogP contribution in [0.2, 0.25) is 5.02 Å². The number of hydrogen-bond acceptors (Lipinski definition) is 2. The second kappa shape index (κ2) is 7.88. The molecule has 2 atom stereocenters. The number of likely N-dealkylation sites (N-methyl/N-ethyl adjacent to an activating group) is 1. The highest BCUT2D eigenvalue weighted by atomic mass is 35.5. The topological polar surface area (TPSA) is 23.6 Å². The van der Waals surface area contributed by atoms with Gasteiger partial charge in [-0.1, -0.05) is 36.6 Å². The fourth-order valence-electron chi connectivity index (χ4n) is 4.27. The van der Waals surface area contributed by atoms with Gasteiger partial charge in [0, 0.05) is 24.2 Å². The Morgan fingerprint density at radius 3 is 2.62 bits per heavy atom. The van der Waals surface area contributed by atoms with Crippen LogP contribution in [0.15, 0.2) is 18.2 Å². The first-order valence-electron chi connectivity index (χ1n) is 9.31. The summed E-state index contributed by atoms with van der Waals surface area (Å²) >= 11 is 6.20. The number of rotatable bonds is 4. The van der Waals surface area contributed by atoms with Crippen molar-refractivity contribution in [2.24, 2.45) is 0 Å². The summed E-state index contributed by atoms with van der Waals surface area (Å²) in [6.45, 7) is 4.40. The van der Waals surface area contributed by atoms with Crippen molar-refractivity contribution in [1.29, 1.82) is 0 Å². The van der Waals surface area contributed by atoms with E-state index in [1.54, 1.807) is 0 Å². The van der Waals surface area contributed by atoms with E-state index in [-0.39, 0.29) is 5.91 Å². The van der Waals surface area contributed by atoms with Gasteiger partial charge in [-0.2, -0.15) is 0 Å². The van der Waals surface area contributed by atoms with Crippen LogP contribution < -0.4 is 0 Å². The molecule has 1 aliphatic carbocycles. The van der Waals surface area contributed by atoms with Crippen LogP contribution in [0.25, 0.3) is 0 Å². The van der Waals surface area contributed by atoms with Crippen LogP contribution in [0.4, 0.5) is 0 Å². The van der Waals surface area contributed by atoms with Crippen LogP contribution in [0.1, 0.15) is 49.7 Å². The van der Waals surface area contributed by atoms with E-state index in [0.717, 1.165) is 22.6 Å². The van der Waals surface area contributed by atoms with Gasteiger partial charge in [-0.25, -0.2) is 0 Å². The molecule has 132 valence electrons. The molecule has 2 fully saturated rings. The van der Waals surface area contributed by atoms with E-state index in [9.17, 15) is 4.79 Å². The van der Waals surface area contributed by atoms with Crippen LogP contribution >= 0.6 is 11.6 Å². The van der Waals surface area contributed by atoms with Crippen LogP contribution in [0.3, 0.4) is 0 Å². The first-order valence-corrected chi connectivity index (χ1v) is 9.69. The Bertz CT molecular complexity index is 583. The van der Waals surface area contributed by atoms with Gasteiger partial charge in [0.15, 0.2) is 0 Å². The van der Waals surface area contributed by atoms with E-state index in [1.807, 2.05) is 37.1 Å². The van der Waals surface area contributed by atoms with Crippen LogP contribution in [0, 0.1) is 6.92 Å². The Morgan fingerprint density at radius 2 is 1.92 bits per heavy atom. The van der Waals surface area contributed by atoms with E-state index in [4.69, 9.17) is 11.6 Å². The van der Waals surface area contributed by atoms with Gasteiger partial charge >= 0.3 is 0 Å². The molecule has 0 bridgehead atoms. The van der Waals surface area contributed by atoms with Crippen molar-refractivity contribution in [3.63, 3.8) is 0 Å². The number of halogens is 1. The number of likely N-dealkylation sites (tertiary alicyclic amines) is 1. The van der Waals surface area contributed by atoms with Crippen molar-refractivity contribution in [1.82, 2.24) is 9.80 Å². The van der Waals surface area contributed by atoms with Gasteiger partial charge in [0.1, 0.15) is 0 Å². The van der Waals surface area contributed by atoms with Crippen molar-refractivity contribution < 1.29 is 4.79 Å². The number of nitrogens with zero attached hydrogens (tertiary/aromatic N) is 2. The number of benzene rings is 1. The summed E-state index contributed by atoms with van der Waals surface area (Å²) in [5.41, 5.74) is 2.07. The van der Waals surface area contributed by atoms with E-state index >= 15 is 0 Å². The lowest BCUT2D eigenvalue weighted by atomic mass is 9.88. The SMILES string of the molecule is Cc1ccc(CC(=O)N(C)C2CCCC[C@H]2N2CCCC2)cc1Cl. The third-order valence-electron chi connectivity index (χ3n) is 5.79. The molecule has 1 saturated carbocycles. The van der Waals surface area contributed by atoms with Gasteiger partial charge < -0.3 is 4.90 Å². The quantitative estimate of drug-likeness (QED) is 0.819. The molecule has 1 aliphatic heterocycles. The summed E-state index contributed by atoms with van der Waals surface area (Å²) in [5.74, 6) is 0.214. The molecule has 0 spiro atoms. The predicted molar refractivity (Wildman–Crippen MR) is 99.5 cm³/mol. The molecular weight excluding hydrogens is 320 g/mol. The molecule has 1 unspecified atom stereocenters. The summed E-state index contributed by atoms with van der Waals surface area (Å²) in [7, 11) is 2.00. The average Bonchev–Trinajstić information content (AvgIpc) is 3.12. The van der Waals surface area contributed by atoms with Gasteiger partial charge in [-0.15, -0.1) is 0 Å². The highest BCUT2D eigenvalue weighted by Gasteiger charge is 2.35. The Balaban J connectivity index is 1.67. The normalized spacial score (nSPS) is 25.0. The summed E-state index contributed by atoms with van der Waals surface area (Å²) in [6.07, 6.45) is 7.97. The zero-order valence-electron chi connectivity index (χ0n) is 14.9. The molecule has 3 nitrogen and oxygen atoms in total. The van der Waals surface area contributed by atoms with Gasteiger partial charge in [-0.3, -0.25) is 9.69 Å². The lowest BCUT2D eigenvalue weighted by molar-refractivity contribution is -0.133. The zero-order chi connectivity index (χ0) is 17.1. The molecule has 1 heterocycles. The summed E-state index contributed by atoms with van der Waals surface area (Å²) < 4.78 is 0. The third-order valence-corrected chi connectivity index (χ3v) is 6.19. The second-order valence-corrected chi connectivity index (χ2v) is 7.83. The van der Waals surface area contributed by atoms with Crippen molar-refractivity contribution in [2.75, 3.05) is 20.1 Å². The van der Waals surface area contributed by atoms with Crippen molar-refractivity contribution in [3.8, 4) is 0 Å². The number of amides is 1. The maximum Gasteiger partial charge on any atom is 0.227 e. The molecule has 1 saturated heterocycles. The van der Waals surface area contributed by atoms with Crippen LogP contribution in [-0.4, -0.2) is 47.9 Å². The first-order chi connectivity index (χ1) is 11.6. The highest BCUT2D eigenvalue weighted by Crippen LogP contribution is 2.29. The number of hydrogen-bond donors (Lipinski definition) is 0. The molecule has 1 aromatic carbocycles. The molecule has 2 aliphatic rings. The summed E-state index contributed by atoms with van der Waals surface area (Å²) in [5, 5.41) is 0.746. The largest absolute Gasteiger partial charge is 0.341 e. The van der Waals surface area contributed by atoms with Crippen LogP contribution in [0.5, 0.6) is 0 Å². The molecule has 3 rings (SSSR count). The maximum atomic E-state index is 12.8. The van der Waals surface area contributed by atoms with Gasteiger partial charge in [0.25, 0.3) is 0 Å². The lowest BCUT2D eigenvalue weighted by Crippen LogP contribution is -2.53. The van der Waals surface area contributed by atoms with E-state index < -0.39 is 0 Å². The number of carbonyl (C=O) groups excluding carboxylic acids is 1. The fraction of sp³-hybridized carbons (Fsp3) is 0.650. The summed E-state index contributed by atoms with van der Waals surface area (Å²) in [6, 6.07) is 6.87. The van der Waals surface area contributed by atoms with Crippen molar-refractivity contribution in [2.45, 2.75) is 64.0 Å². The Morgan fingerprint density at radius 1 is 1.21 bits per heavy atom. The fourth-order valence-corrected chi connectivity index (χ4v) is 4.48. The Labute approximate surface area is 151 Å². The molecule has 24 heavy (non-hydrogen) atoms. The van der Waals surface area contributed by atoms with Crippen molar-refractivity contribution >= 4 is 17.5 Å². The second-order valence-electron chi connectivity index (χ2n) is 7.43. The van der Waals surface area contributed by atoms with Gasteiger partial charge in [0.05, 0.1) is 6.42 Å². The van der Waals surface area contributed by atoms with Gasteiger partial charge in [0.2, 0.25) is 5.91 Å². The molecular formula is C20H29ClN2O. The van der Waals surface area contributed by atoms with E-state index in [2.05, 4.69) is 4.90 Å². The zero-order valence-corrected chi connectivity index (χ0v) is 15.7. The monoisotopic (exact) mass is 348 g/mol. The molecule has 0 aromatic heterocycles. The van der Waals surface area contributed by atoms with Gasteiger partial charge in [-0.05, 0) is 62.9 Å². The number of aryl methyl sites for hydroxylation is 1. The lowest BCUT2D eigenvalue weighted by Gasteiger charge is -2.42. The number of carbonyl (C=O) groups is 1. The minimum atomic E-state index is 0.214. The van der Waals surface area contributed by atoms with E-state index in [0.29, 0.717) is 18.5 Å². The predicted octanol–water partition coefficient (Wildman–Crippen LogP) is 4.06. The average molecular weight is 349 g/mol. The smallest absolute Gasteiger partial charge is 0.227 e. The minimum absolute atomic E-state index is 0.214. The molecule has 4 heteroatoms. The molecule has 0 N–H and O–H groups in total. The van der Waals surface area contributed by atoms with Crippen molar-refractivity contribution in [3.05, 3.63) is 34.3 Å².